The van der Waals surface area contributed by atoms with E-state index >= 15 is 0 Å². The Morgan fingerprint density at radius 1 is 1.54 bits per heavy atom. The van der Waals surface area contributed by atoms with Crippen molar-refractivity contribution in [2.24, 2.45) is 0 Å². The molecule has 0 aliphatic rings. The van der Waals surface area contributed by atoms with Crippen LogP contribution in [0.25, 0.3) is 0 Å². The van der Waals surface area contributed by atoms with E-state index in [4.69, 9.17) is 11.6 Å². The zero-order chi connectivity index (χ0) is 10.0. The van der Waals surface area contributed by atoms with Gasteiger partial charge in [-0.2, -0.15) is 0 Å². The maximum Gasteiger partial charge on any atom is 0.288 e. The first-order valence-electron chi connectivity index (χ1n) is 3.46. The predicted octanol–water partition coefficient (Wildman–Crippen LogP) is 2.37. The largest absolute Gasteiger partial charge is 0.298 e. The lowest BCUT2D eigenvalue weighted by Crippen LogP contribution is -1.94. The molecule has 0 bridgehead atoms. The number of hydrogen-bond donors (Lipinski definition) is 0. The summed E-state index contributed by atoms with van der Waals surface area (Å²) in [5.74, 6) is 0. The molecule has 5 heteroatoms. The molecule has 0 atom stereocenters. The summed E-state index contributed by atoms with van der Waals surface area (Å²) in [7, 11) is 0. The SMILES string of the molecule is Cc1ccc([N+](=O)[O-])c(Cl)c1C=O. The van der Waals surface area contributed by atoms with E-state index in [1.54, 1.807) is 6.92 Å². The van der Waals surface area contributed by atoms with Gasteiger partial charge in [0.15, 0.2) is 6.29 Å². The summed E-state index contributed by atoms with van der Waals surface area (Å²) in [5.41, 5.74) is 0.566. The number of benzene rings is 1. The van der Waals surface area contributed by atoms with E-state index in [-0.39, 0.29) is 16.3 Å². The highest BCUT2D eigenvalue weighted by Crippen LogP contribution is 2.28. The zero-order valence-electron chi connectivity index (χ0n) is 6.78. The first kappa shape index (κ1) is 9.67. The molecule has 4 nitrogen and oxygen atoms in total. The molecular weight excluding hydrogens is 194 g/mol. The Bertz CT molecular complexity index is 376. The Morgan fingerprint density at radius 3 is 2.62 bits per heavy atom. The van der Waals surface area contributed by atoms with Crippen LogP contribution in [-0.4, -0.2) is 11.2 Å². The molecule has 0 fully saturated rings. The number of nitro benzene ring substituents is 1. The molecule has 68 valence electrons. The molecule has 1 aromatic rings. The van der Waals surface area contributed by atoms with Crippen molar-refractivity contribution in [2.75, 3.05) is 0 Å². The molecule has 0 heterocycles. The van der Waals surface area contributed by atoms with Crippen molar-refractivity contribution in [1.82, 2.24) is 0 Å². The molecule has 0 N–H and O–H groups in total. The van der Waals surface area contributed by atoms with Crippen LogP contribution in [0.1, 0.15) is 15.9 Å². The Morgan fingerprint density at radius 2 is 2.15 bits per heavy atom. The van der Waals surface area contributed by atoms with Crippen LogP contribution in [0.5, 0.6) is 0 Å². The maximum absolute atomic E-state index is 10.5. The van der Waals surface area contributed by atoms with Crippen LogP contribution in [0.15, 0.2) is 12.1 Å². The van der Waals surface area contributed by atoms with Crippen LogP contribution < -0.4 is 0 Å². The lowest BCUT2D eigenvalue weighted by molar-refractivity contribution is -0.384. The molecule has 0 aromatic heterocycles. The van der Waals surface area contributed by atoms with Crippen LogP contribution >= 0.6 is 11.6 Å². The van der Waals surface area contributed by atoms with Crippen molar-refractivity contribution in [3.63, 3.8) is 0 Å². The number of carbonyl (C=O) groups is 1. The summed E-state index contributed by atoms with van der Waals surface area (Å²) in [6.45, 7) is 1.67. The van der Waals surface area contributed by atoms with Gasteiger partial charge in [-0.15, -0.1) is 0 Å². The molecule has 1 aromatic carbocycles. The topological polar surface area (TPSA) is 60.2 Å². The number of carbonyl (C=O) groups excluding carboxylic acids is 1. The fourth-order valence-electron chi connectivity index (χ4n) is 0.964. The molecule has 13 heavy (non-hydrogen) atoms. The van der Waals surface area contributed by atoms with Crippen LogP contribution in [-0.2, 0) is 0 Å². The number of rotatable bonds is 2. The standard InChI is InChI=1S/C8H6ClNO3/c1-5-2-3-7(10(12)13)8(9)6(5)4-11/h2-4H,1H3. The summed E-state index contributed by atoms with van der Waals surface area (Å²) < 4.78 is 0. The number of nitrogens with zero attached hydrogens (tertiary/aromatic N) is 1. The predicted molar refractivity (Wildman–Crippen MR) is 48.2 cm³/mol. The molecule has 0 saturated carbocycles. The van der Waals surface area contributed by atoms with Gasteiger partial charge < -0.3 is 0 Å². The third kappa shape index (κ3) is 1.67. The minimum absolute atomic E-state index is 0.0972. The van der Waals surface area contributed by atoms with E-state index in [1.807, 2.05) is 0 Å². The van der Waals surface area contributed by atoms with Gasteiger partial charge in [0.25, 0.3) is 5.69 Å². The second kappa shape index (κ2) is 3.53. The highest BCUT2D eigenvalue weighted by Gasteiger charge is 2.16. The second-order valence-electron chi connectivity index (χ2n) is 2.50. The average Bonchev–Trinajstić information content (AvgIpc) is 2.04. The van der Waals surface area contributed by atoms with E-state index < -0.39 is 4.92 Å². The molecule has 0 spiro atoms. The minimum Gasteiger partial charge on any atom is -0.298 e. The number of halogens is 1. The third-order valence-corrected chi connectivity index (χ3v) is 2.09. The lowest BCUT2D eigenvalue weighted by Gasteiger charge is -2.00. The van der Waals surface area contributed by atoms with Crippen LogP contribution in [0.2, 0.25) is 5.02 Å². The number of nitro groups is 1. The van der Waals surface area contributed by atoms with Crippen molar-refractivity contribution in [2.45, 2.75) is 6.92 Å². The third-order valence-electron chi connectivity index (χ3n) is 1.69. The summed E-state index contributed by atoms with van der Waals surface area (Å²) in [5, 5.41) is 10.3. The maximum atomic E-state index is 10.5. The van der Waals surface area contributed by atoms with Crippen molar-refractivity contribution < 1.29 is 9.72 Å². The zero-order valence-corrected chi connectivity index (χ0v) is 7.54. The molecular formula is C8H6ClNO3. The number of hydrogen-bond acceptors (Lipinski definition) is 3. The van der Waals surface area contributed by atoms with Gasteiger partial charge in [0.2, 0.25) is 0 Å². The van der Waals surface area contributed by atoms with Crippen molar-refractivity contribution in [3.8, 4) is 0 Å². The Kier molecular flexibility index (Phi) is 2.63. The van der Waals surface area contributed by atoms with Crippen LogP contribution in [0, 0.1) is 17.0 Å². The molecule has 0 radical (unpaired) electrons. The normalized spacial score (nSPS) is 9.69. The van der Waals surface area contributed by atoms with Gasteiger partial charge >= 0.3 is 0 Å². The van der Waals surface area contributed by atoms with Gasteiger partial charge in [0, 0.05) is 11.6 Å². The summed E-state index contributed by atoms with van der Waals surface area (Å²) in [6.07, 6.45) is 0.519. The molecule has 1 rings (SSSR count). The summed E-state index contributed by atoms with van der Waals surface area (Å²) in [6, 6.07) is 2.78. The molecule has 0 aliphatic heterocycles. The van der Waals surface area contributed by atoms with E-state index in [2.05, 4.69) is 0 Å². The summed E-state index contributed by atoms with van der Waals surface area (Å²) in [4.78, 5) is 20.3. The highest BCUT2D eigenvalue weighted by molar-refractivity contribution is 6.35. The molecule has 0 saturated heterocycles. The highest BCUT2D eigenvalue weighted by atomic mass is 35.5. The van der Waals surface area contributed by atoms with Crippen molar-refractivity contribution >= 4 is 23.6 Å². The minimum atomic E-state index is -0.616. The quantitative estimate of drug-likeness (QED) is 0.417. The van der Waals surface area contributed by atoms with Crippen LogP contribution in [0.3, 0.4) is 0 Å². The van der Waals surface area contributed by atoms with Crippen molar-refractivity contribution in [1.29, 1.82) is 0 Å². The first-order valence-corrected chi connectivity index (χ1v) is 3.84. The lowest BCUT2D eigenvalue weighted by atomic mass is 10.1. The average molecular weight is 200 g/mol. The van der Waals surface area contributed by atoms with Gasteiger partial charge in [-0.1, -0.05) is 17.7 Å². The van der Waals surface area contributed by atoms with Gasteiger partial charge in [-0.3, -0.25) is 14.9 Å². The van der Waals surface area contributed by atoms with Gasteiger partial charge in [-0.25, -0.2) is 0 Å². The Balaban J connectivity index is 3.44. The van der Waals surface area contributed by atoms with E-state index in [0.29, 0.717) is 11.8 Å². The smallest absolute Gasteiger partial charge is 0.288 e. The van der Waals surface area contributed by atoms with Crippen molar-refractivity contribution in [3.05, 3.63) is 38.4 Å². The van der Waals surface area contributed by atoms with E-state index in [1.165, 1.54) is 12.1 Å². The number of aldehydes is 1. The monoisotopic (exact) mass is 199 g/mol. The van der Waals surface area contributed by atoms with Gasteiger partial charge in [0.05, 0.1) is 4.92 Å². The fourth-order valence-corrected chi connectivity index (χ4v) is 1.29. The molecule has 0 amide bonds. The first-order chi connectivity index (χ1) is 6.07. The fraction of sp³-hybridized carbons (Fsp3) is 0.125. The molecule has 0 aliphatic carbocycles. The number of aryl methyl sites for hydroxylation is 1. The van der Waals surface area contributed by atoms with Gasteiger partial charge in [-0.05, 0) is 12.5 Å². The summed E-state index contributed by atoms with van der Waals surface area (Å²) >= 11 is 5.64. The van der Waals surface area contributed by atoms with E-state index in [9.17, 15) is 14.9 Å². The Labute approximate surface area is 79.3 Å². The van der Waals surface area contributed by atoms with Gasteiger partial charge in [0.1, 0.15) is 5.02 Å². The van der Waals surface area contributed by atoms with Crippen LogP contribution in [0.4, 0.5) is 5.69 Å². The van der Waals surface area contributed by atoms with E-state index in [0.717, 1.165) is 0 Å². The molecule has 0 unspecified atom stereocenters. The Hall–Kier alpha value is -1.42. The second-order valence-corrected chi connectivity index (χ2v) is 2.88.